The van der Waals surface area contributed by atoms with Crippen LogP contribution >= 0.6 is 0 Å². The minimum Gasteiger partial charge on any atom is -0.507 e. The van der Waals surface area contributed by atoms with Crippen LogP contribution < -0.4 is 5.32 Å². The molecule has 0 saturated heterocycles. The summed E-state index contributed by atoms with van der Waals surface area (Å²) in [6.07, 6.45) is 1.72. The third-order valence-electron chi connectivity index (χ3n) is 2.92. The number of carbonyl (C=O) groups is 1. The monoisotopic (exact) mass is 281 g/mol. The molecule has 0 spiro atoms. The molecular weight excluding hydrogens is 258 g/mol. The highest BCUT2D eigenvalue weighted by atomic mass is 16.5. The van der Waals surface area contributed by atoms with E-state index in [4.69, 9.17) is 9.47 Å². The smallest absolute Gasteiger partial charge is 0.255 e. The molecule has 0 aliphatic carbocycles. The molecule has 112 valence electrons. The van der Waals surface area contributed by atoms with Gasteiger partial charge in [-0.05, 0) is 31.4 Å². The first-order valence-electron chi connectivity index (χ1n) is 6.80. The molecule has 0 heterocycles. The maximum Gasteiger partial charge on any atom is 0.255 e. The second-order valence-corrected chi connectivity index (χ2v) is 4.54. The van der Waals surface area contributed by atoms with E-state index >= 15 is 0 Å². The van der Waals surface area contributed by atoms with E-state index in [1.54, 1.807) is 32.2 Å². The molecule has 0 saturated carbocycles. The summed E-state index contributed by atoms with van der Waals surface area (Å²) in [6.45, 7) is 4.20. The normalized spacial score (nSPS) is 10.5. The number of nitrogens with one attached hydrogen (secondary N) is 1. The zero-order valence-corrected chi connectivity index (χ0v) is 12.1. The highest BCUT2D eigenvalue weighted by molar-refractivity contribution is 5.97. The van der Waals surface area contributed by atoms with Crippen LogP contribution in [0.4, 0.5) is 0 Å². The van der Waals surface area contributed by atoms with Gasteiger partial charge in [-0.1, -0.05) is 12.1 Å². The van der Waals surface area contributed by atoms with Crippen LogP contribution in [0, 0.1) is 6.92 Å². The van der Waals surface area contributed by atoms with Crippen LogP contribution in [-0.4, -0.2) is 44.5 Å². The van der Waals surface area contributed by atoms with Crippen LogP contribution in [0.1, 0.15) is 28.8 Å². The van der Waals surface area contributed by atoms with Crippen molar-refractivity contribution < 1.29 is 19.4 Å². The molecule has 5 nitrogen and oxygen atoms in total. The van der Waals surface area contributed by atoms with Crippen molar-refractivity contribution in [1.82, 2.24) is 5.32 Å². The van der Waals surface area contributed by atoms with Crippen molar-refractivity contribution >= 4 is 5.91 Å². The first-order chi connectivity index (χ1) is 9.66. The lowest BCUT2D eigenvalue weighted by atomic mass is 10.1. The number of methoxy groups -OCH3 is 1. The van der Waals surface area contributed by atoms with Crippen LogP contribution in [0.15, 0.2) is 18.2 Å². The predicted octanol–water partition coefficient (Wildman–Crippen LogP) is 1.87. The Labute approximate surface area is 119 Å². The predicted molar refractivity (Wildman–Crippen MR) is 77.1 cm³/mol. The molecule has 0 bridgehead atoms. The van der Waals surface area contributed by atoms with E-state index < -0.39 is 0 Å². The van der Waals surface area contributed by atoms with Crippen LogP contribution in [0.3, 0.4) is 0 Å². The Morgan fingerprint density at radius 3 is 2.80 bits per heavy atom. The molecule has 0 atom stereocenters. The molecule has 0 aromatic heterocycles. The van der Waals surface area contributed by atoms with Crippen molar-refractivity contribution in [3.05, 3.63) is 29.3 Å². The zero-order valence-electron chi connectivity index (χ0n) is 12.1. The van der Waals surface area contributed by atoms with Gasteiger partial charge in [0, 0.05) is 20.3 Å². The number of aryl methyl sites for hydroxylation is 1. The van der Waals surface area contributed by atoms with Gasteiger partial charge in [-0.15, -0.1) is 0 Å². The maximum absolute atomic E-state index is 11.9. The molecule has 0 fully saturated rings. The second kappa shape index (κ2) is 9.34. The van der Waals surface area contributed by atoms with Crippen LogP contribution in [0.5, 0.6) is 5.75 Å². The number of carbonyl (C=O) groups excluding carboxylic acids is 1. The summed E-state index contributed by atoms with van der Waals surface area (Å²) in [5, 5.41) is 12.6. The maximum atomic E-state index is 11.9. The number of aromatic hydroxyl groups is 1. The van der Waals surface area contributed by atoms with Crippen molar-refractivity contribution in [2.75, 3.05) is 33.5 Å². The quantitative estimate of drug-likeness (QED) is 0.678. The van der Waals surface area contributed by atoms with E-state index in [1.807, 2.05) is 0 Å². The zero-order chi connectivity index (χ0) is 14.8. The first kappa shape index (κ1) is 16.5. The van der Waals surface area contributed by atoms with Gasteiger partial charge in [0.05, 0.1) is 18.8 Å². The van der Waals surface area contributed by atoms with Crippen molar-refractivity contribution in [3.63, 3.8) is 0 Å². The van der Waals surface area contributed by atoms with Gasteiger partial charge in [-0.25, -0.2) is 0 Å². The molecule has 1 aromatic rings. The summed E-state index contributed by atoms with van der Waals surface area (Å²) in [7, 11) is 1.64. The molecule has 2 N–H and O–H groups in total. The Morgan fingerprint density at radius 2 is 2.05 bits per heavy atom. The Balaban J connectivity index is 2.19. The molecule has 1 rings (SSSR count). The molecule has 0 aliphatic rings. The number of phenols is 1. The number of rotatable bonds is 9. The fourth-order valence-corrected chi connectivity index (χ4v) is 1.71. The number of amides is 1. The number of benzene rings is 1. The highest BCUT2D eigenvalue weighted by Gasteiger charge is 2.11. The number of phenolic OH excluding ortho intramolecular Hbond substituents is 1. The summed E-state index contributed by atoms with van der Waals surface area (Å²) >= 11 is 0. The van der Waals surface area contributed by atoms with Gasteiger partial charge in [0.1, 0.15) is 5.75 Å². The topological polar surface area (TPSA) is 67.8 Å². The summed E-state index contributed by atoms with van der Waals surface area (Å²) in [5.74, 6) is -0.195. The van der Waals surface area contributed by atoms with Gasteiger partial charge < -0.3 is 19.9 Å². The van der Waals surface area contributed by atoms with Gasteiger partial charge in [0.25, 0.3) is 5.91 Å². The second-order valence-electron chi connectivity index (χ2n) is 4.54. The van der Waals surface area contributed by atoms with Crippen LogP contribution in [0.2, 0.25) is 0 Å². The third-order valence-corrected chi connectivity index (χ3v) is 2.92. The lowest BCUT2D eigenvalue weighted by Gasteiger charge is -2.08. The Kier molecular flexibility index (Phi) is 7.69. The third kappa shape index (κ3) is 5.59. The lowest BCUT2D eigenvalue weighted by Crippen LogP contribution is -2.24. The van der Waals surface area contributed by atoms with Gasteiger partial charge >= 0.3 is 0 Å². The summed E-state index contributed by atoms with van der Waals surface area (Å²) in [5.41, 5.74) is 1.02. The molecule has 5 heteroatoms. The molecular formula is C15H23NO4. The Morgan fingerprint density at radius 1 is 1.25 bits per heavy atom. The largest absolute Gasteiger partial charge is 0.507 e. The first-order valence-corrected chi connectivity index (χ1v) is 6.80. The van der Waals surface area contributed by atoms with Crippen molar-refractivity contribution in [2.45, 2.75) is 19.8 Å². The number of para-hydroxylation sites is 1. The summed E-state index contributed by atoms with van der Waals surface area (Å²) < 4.78 is 10.2. The van der Waals surface area contributed by atoms with Gasteiger partial charge in [-0.2, -0.15) is 0 Å². The van der Waals surface area contributed by atoms with Crippen molar-refractivity contribution in [2.24, 2.45) is 0 Å². The van der Waals surface area contributed by atoms with E-state index in [2.05, 4.69) is 5.32 Å². The number of hydrogen-bond acceptors (Lipinski definition) is 4. The molecule has 0 radical (unpaired) electrons. The fourth-order valence-electron chi connectivity index (χ4n) is 1.71. The number of ether oxygens (including phenoxy) is 2. The van der Waals surface area contributed by atoms with Gasteiger partial charge in [0.2, 0.25) is 0 Å². The lowest BCUT2D eigenvalue weighted by molar-refractivity contribution is 0.0686. The highest BCUT2D eigenvalue weighted by Crippen LogP contribution is 2.20. The Bertz CT molecular complexity index is 420. The molecule has 1 aromatic carbocycles. The minimum absolute atomic E-state index is 0.0490. The van der Waals surface area contributed by atoms with Crippen LogP contribution in [-0.2, 0) is 9.47 Å². The minimum atomic E-state index is -0.244. The fraction of sp³-hybridized carbons (Fsp3) is 0.533. The van der Waals surface area contributed by atoms with Crippen molar-refractivity contribution in [1.29, 1.82) is 0 Å². The standard InChI is InChI=1S/C15H23NO4/c1-12-6-5-7-13(14(12)17)15(18)16-8-3-4-9-20-11-10-19-2/h5-7,17H,3-4,8-11H2,1-2H3,(H,16,18). The molecule has 0 unspecified atom stereocenters. The summed E-state index contributed by atoms with van der Waals surface area (Å²) in [4.78, 5) is 11.9. The van der Waals surface area contributed by atoms with Crippen molar-refractivity contribution in [3.8, 4) is 5.75 Å². The van der Waals surface area contributed by atoms with Crippen LogP contribution in [0.25, 0.3) is 0 Å². The number of unbranched alkanes of at least 4 members (excludes halogenated alkanes) is 1. The van der Waals surface area contributed by atoms with Gasteiger partial charge in [0.15, 0.2) is 0 Å². The van der Waals surface area contributed by atoms with E-state index in [0.717, 1.165) is 12.8 Å². The van der Waals surface area contributed by atoms with E-state index in [9.17, 15) is 9.90 Å². The molecule has 20 heavy (non-hydrogen) atoms. The Hall–Kier alpha value is -1.59. The average molecular weight is 281 g/mol. The molecule has 0 aliphatic heterocycles. The van der Waals surface area contributed by atoms with E-state index in [0.29, 0.717) is 37.5 Å². The van der Waals surface area contributed by atoms with E-state index in [1.165, 1.54) is 0 Å². The van der Waals surface area contributed by atoms with Gasteiger partial charge in [-0.3, -0.25) is 4.79 Å². The molecule has 1 amide bonds. The van der Waals surface area contributed by atoms with E-state index in [-0.39, 0.29) is 11.7 Å². The SMILES string of the molecule is COCCOCCCCNC(=O)c1cccc(C)c1O. The number of hydrogen-bond donors (Lipinski definition) is 2. The average Bonchev–Trinajstić information content (AvgIpc) is 2.44. The summed E-state index contributed by atoms with van der Waals surface area (Å²) in [6, 6.07) is 5.14.